The number of benzene rings is 1. The highest BCUT2D eigenvalue weighted by molar-refractivity contribution is 7.89. The van der Waals surface area contributed by atoms with Gasteiger partial charge in [0.25, 0.3) is 0 Å². The molecule has 0 heterocycles. The number of rotatable bonds is 6. The van der Waals surface area contributed by atoms with E-state index in [0.717, 1.165) is 18.2 Å². The lowest BCUT2D eigenvalue weighted by Gasteiger charge is -2.09. The van der Waals surface area contributed by atoms with Crippen LogP contribution in [-0.4, -0.2) is 21.1 Å². The molecule has 9 heteroatoms. The first-order valence-electron chi connectivity index (χ1n) is 5.92. The van der Waals surface area contributed by atoms with Crippen molar-refractivity contribution in [3.05, 3.63) is 29.6 Å². The van der Waals surface area contributed by atoms with E-state index in [4.69, 9.17) is 5.26 Å². The lowest BCUT2D eigenvalue weighted by Crippen LogP contribution is -2.26. The summed E-state index contributed by atoms with van der Waals surface area (Å²) in [5.41, 5.74) is -0.625. The molecule has 1 N–H and O–H groups in total. The third-order valence-corrected chi connectivity index (χ3v) is 4.06. The van der Waals surface area contributed by atoms with Crippen LogP contribution < -0.4 is 4.72 Å². The second-order valence-electron chi connectivity index (χ2n) is 4.19. The summed E-state index contributed by atoms with van der Waals surface area (Å²) >= 11 is 0. The Morgan fingerprint density at radius 1 is 1.24 bits per heavy atom. The first-order valence-corrected chi connectivity index (χ1v) is 7.41. The van der Waals surface area contributed by atoms with Gasteiger partial charge in [0.2, 0.25) is 10.0 Å². The van der Waals surface area contributed by atoms with E-state index >= 15 is 0 Å². The Morgan fingerprint density at radius 3 is 2.48 bits per heavy atom. The predicted octanol–water partition coefficient (Wildman–Crippen LogP) is 2.71. The molecule has 0 saturated carbocycles. The molecule has 116 valence electrons. The van der Waals surface area contributed by atoms with Gasteiger partial charge in [0.15, 0.2) is 0 Å². The van der Waals surface area contributed by atoms with Gasteiger partial charge in [-0.25, -0.2) is 17.5 Å². The minimum absolute atomic E-state index is 0.0179. The van der Waals surface area contributed by atoms with Gasteiger partial charge in [-0.1, -0.05) is 6.07 Å². The fourth-order valence-corrected chi connectivity index (χ4v) is 2.81. The number of alkyl halides is 3. The average molecular weight is 324 g/mol. The standard InChI is InChI=1S/C12H12F4N2O2S/c13-10-4-3-5-11(9(10)8-17)21(19,20)18-7-2-1-6-12(14,15)16/h3-5,18H,1-2,6-7H2. The zero-order valence-corrected chi connectivity index (χ0v) is 11.6. The molecule has 1 rings (SSSR count). The van der Waals surface area contributed by atoms with Crippen molar-refractivity contribution in [2.24, 2.45) is 0 Å². The van der Waals surface area contributed by atoms with Crippen LogP contribution in [0.3, 0.4) is 0 Å². The number of halogens is 4. The number of nitriles is 1. The second-order valence-corrected chi connectivity index (χ2v) is 5.93. The van der Waals surface area contributed by atoms with Gasteiger partial charge in [-0.3, -0.25) is 0 Å². The van der Waals surface area contributed by atoms with E-state index in [1.807, 2.05) is 0 Å². The molecule has 0 unspecified atom stereocenters. The van der Waals surface area contributed by atoms with Crippen molar-refractivity contribution in [2.75, 3.05) is 6.54 Å². The quantitative estimate of drug-likeness (QED) is 0.646. The SMILES string of the molecule is N#Cc1c(F)cccc1S(=O)(=O)NCCCCC(F)(F)F. The normalized spacial score (nSPS) is 12.1. The number of nitrogens with zero attached hydrogens (tertiary/aromatic N) is 1. The highest BCUT2D eigenvalue weighted by atomic mass is 32.2. The minimum atomic E-state index is -4.28. The Kier molecular flexibility index (Phi) is 5.69. The molecule has 0 spiro atoms. The minimum Gasteiger partial charge on any atom is -0.211 e. The molecular weight excluding hydrogens is 312 g/mol. The molecule has 0 aliphatic rings. The van der Waals surface area contributed by atoms with Crippen LogP contribution in [0.15, 0.2) is 23.1 Å². The van der Waals surface area contributed by atoms with E-state index in [1.54, 1.807) is 0 Å². The summed E-state index contributed by atoms with van der Waals surface area (Å²) in [6, 6.07) is 4.58. The van der Waals surface area contributed by atoms with Gasteiger partial charge < -0.3 is 0 Å². The molecule has 0 bridgehead atoms. The summed E-state index contributed by atoms with van der Waals surface area (Å²) in [6.45, 7) is -0.222. The van der Waals surface area contributed by atoms with E-state index in [1.165, 1.54) is 6.07 Å². The van der Waals surface area contributed by atoms with Gasteiger partial charge in [-0.05, 0) is 25.0 Å². The molecule has 0 saturated heterocycles. The largest absolute Gasteiger partial charge is 0.389 e. The molecular formula is C12H12F4N2O2S. The summed E-state index contributed by atoms with van der Waals surface area (Å²) in [5.74, 6) is -0.975. The molecule has 1 aromatic carbocycles. The molecule has 0 aliphatic heterocycles. The fraction of sp³-hybridized carbons (Fsp3) is 0.417. The van der Waals surface area contributed by atoms with Crippen molar-refractivity contribution < 1.29 is 26.0 Å². The van der Waals surface area contributed by atoms with Crippen LogP contribution in [-0.2, 0) is 10.0 Å². The molecule has 0 amide bonds. The Morgan fingerprint density at radius 2 is 1.90 bits per heavy atom. The van der Waals surface area contributed by atoms with Crippen molar-refractivity contribution in [3.8, 4) is 6.07 Å². The van der Waals surface area contributed by atoms with E-state index in [2.05, 4.69) is 4.72 Å². The summed E-state index contributed by atoms with van der Waals surface area (Å²) in [7, 11) is -4.14. The molecule has 21 heavy (non-hydrogen) atoms. The van der Waals surface area contributed by atoms with Gasteiger partial charge in [-0.15, -0.1) is 0 Å². The van der Waals surface area contributed by atoms with Crippen LogP contribution in [0.2, 0.25) is 0 Å². The van der Waals surface area contributed by atoms with E-state index in [-0.39, 0.29) is 19.4 Å². The highest BCUT2D eigenvalue weighted by Gasteiger charge is 2.26. The van der Waals surface area contributed by atoms with Crippen molar-refractivity contribution in [1.29, 1.82) is 5.26 Å². The summed E-state index contributed by atoms with van der Waals surface area (Å²) in [4.78, 5) is -0.527. The van der Waals surface area contributed by atoms with Crippen LogP contribution >= 0.6 is 0 Å². The lowest BCUT2D eigenvalue weighted by atomic mass is 10.2. The Bertz CT molecular complexity index is 636. The Hall–Kier alpha value is -1.66. The third-order valence-electron chi connectivity index (χ3n) is 2.56. The van der Waals surface area contributed by atoms with Gasteiger partial charge in [0.05, 0.1) is 0 Å². The lowest BCUT2D eigenvalue weighted by molar-refractivity contribution is -0.135. The molecule has 1 aromatic rings. The van der Waals surface area contributed by atoms with Crippen molar-refractivity contribution >= 4 is 10.0 Å². The van der Waals surface area contributed by atoms with Crippen molar-refractivity contribution in [1.82, 2.24) is 4.72 Å². The second kappa shape index (κ2) is 6.87. The molecule has 0 atom stereocenters. The maximum atomic E-state index is 13.3. The van der Waals surface area contributed by atoms with Crippen molar-refractivity contribution in [2.45, 2.75) is 30.3 Å². The molecule has 0 fully saturated rings. The van der Waals surface area contributed by atoms with Crippen LogP contribution in [0, 0.1) is 17.1 Å². The topological polar surface area (TPSA) is 70.0 Å². The van der Waals surface area contributed by atoms with Gasteiger partial charge in [-0.2, -0.15) is 18.4 Å². The average Bonchev–Trinajstić information content (AvgIpc) is 2.36. The van der Waals surface area contributed by atoms with E-state index < -0.39 is 38.9 Å². The number of unbranched alkanes of at least 4 members (excludes halogenated alkanes) is 1. The maximum absolute atomic E-state index is 13.3. The van der Waals surface area contributed by atoms with Crippen LogP contribution in [0.25, 0.3) is 0 Å². The van der Waals surface area contributed by atoms with Crippen LogP contribution in [0.4, 0.5) is 17.6 Å². The Labute approximate surface area is 119 Å². The zero-order chi connectivity index (χ0) is 16.1. The summed E-state index contributed by atoms with van der Waals surface area (Å²) < 4.78 is 74.8. The number of hydrogen-bond acceptors (Lipinski definition) is 3. The molecule has 4 nitrogen and oxygen atoms in total. The smallest absolute Gasteiger partial charge is 0.211 e. The van der Waals surface area contributed by atoms with Crippen LogP contribution in [0.5, 0.6) is 0 Å². The van der Waals surface area contributed by atoms with E-state index in [9.17, 15) is 26.0 Å². The van der Waals surface area contributed by atoms with Gasteiger partial charge in [0.1, 0.15) is 22.3 Å². The monoisotopic (exact) mass is 324 g/mol. The highest BCUT2D eigenvalue weighted by Crippen LogP contribution is 2.22. The molecule has 0 radical (unpaired) electrons. The van der Waals surface area contributed by atoms with Crippen LogP contribution in [0.1, 0.15) is 24.8 Å². The Balaban J connectivity index is 2.68. The number of nitrogens with one attached hydrogen (secondary N) is 1. The fourth-order valence-electron chi connectivity index (χ4n) is 1.57. The zero-order valence-electron chi connectivity index (χ0n) is 10.7. The van der Waals surface area contributed by atoms with Gasteiger partial charge in [0, 0.05) is 13.0 Å². The summed E-state index contributed by atoms with van der Waals surface area (Å²) in [5, 5.41) is 8.75. The first-order chi connectivity index (χ1) is 9.67. The third kappa shape index (κ3) is 5.32. The molecule has 0 aliphatic carbocycles. The van der Waals surface area contributed by atoms with Crippen molar-refractivity contribution in [3.63, 3.8) is 0 Å². The predicted molar refractivity (Wildman–Crippen MR) is 66.2 cm³/mol. The summed E-state index contributed by atoms with van der Waals surface area (Å²) in [6.07, 6.45) is -5.52. The van der Waals surface area contributed by atoms with Gasteiger partial charge >= 0.3 is 6.18 Å². The number of sulfonamides is 1. The molecule has 0 aromatic heterocycles. The van der Waals surface area contributed by atoms with E-state index in [0.29, 0.717) is 0 Å². The first kappa shape index (κ1) is 17.4. The maximum Gasteiger partial charge on any atom is 0.389 e. The number of hydrogen-bond donors (Lipinski definition) is 1.